The molecule has 0 heterocycles. The van der Waals surface area contributed by atoms with Gasteiger partial charge in [-0.2, -0.15) is 0 Å². The molecule has 8 nitrogen and oxygen atoms in total. The third kappa shape index (κ3) is 7.29. The lowest BCUT2D eigenvalue weighted by molar-refractivity contribution is -0.122. The van der Waals surface area contributed by atoms with Gasteiger partial charge in [0.2, 0.25) is 5.91 Å². The van der Waals surface area contributed by atoms with Crippen LogP contribution in [0.1, 0.15) is 38.1 Å². The van der Waals surface area contributed by atoms with E-state index in [0.29, 0.717) is 23.6 Å². The molecule has 0 aromatic heterocycles. The Bertz CT molecular complexity index is 1010. The van der Waals surface area contributed by atoms with Crippen LogP contribution in [0.4, 0.5) is 5.69 Å². The van der Waals surface area contributed by atoms with Gasteiger partial charge in [-0.15, -0.1) is 0 Å². The summed E-state index contributed by atoms with van der Waals surface area (Å²) in [5, 5.41) is 2.80. The second-order valence-corrected chi connectivity index (χ2v) is 9.73. The summed E-state index contributed by atoms with van der Waals surface area (Å²) in [5.41, 5.74) is 0.275. The fraction of sp³-hybridized carbons (Fsp3) is 0.364. The second kappa shape index (κ2) is 9.82. The highest BCUT2D eigenvalue weighted by atomic mass is 32.2. The molecule has 0 spiro atoms. The first kappa shape index (κ1) is 24.2. The van der Waals surface area contributed by atoms with Crippen LogP contribution in [0.3, 0.4) is 0 Å². The zero-order chi connectivity index (χ0) is 23.2. The largest absolute Gasteiger partial charge is 0.494 e. The molecule has 0 saturated heterocycles. The van der Waals surface area contributed by atoms with Crippen LogP contribution in [-0.4, -0.2) is 50.9 Å². The molecular formula is C22H29N3O5S. The number of carbonyl (C=O) groups is 2. The summed E-state index contributed by atoms with van der Waals surface area (Å²) in [5.74, 6) is -0.0160. The van der Waals surface area contributed by atoms with E-state index in [0.717, 1.165) is 0 Å². The maximum absolute atomic E-state index is 12.6. The van der Waals surface area contributed by atoms with E-state index in [9.17, 15) is 18.0 Å². The van der Waals surface area contributed by atoms with Gasteiger partial charge >= 0.3 is 0 Å². The standard InChI is InChI=1S/C22H29N3O5S/c1-6-30-18-11-13-19(14-12-18)31(28,29)24-17-9-7-16(8-10-17)21(27)25(5)15-20(26)23-22(2,3)4/h7-14,24H,6,15H2,1-5H3,(H,23,26). The Morgan fingerprint density at radius 1 is 1.00 bits per heavy atom. The number of ether oxygens (including phenoxy) is 1. The molecule has 0 saturated carbocycles. The van der Waals surface area contributed by atoms with Gasteiger partial charge in [-0.3, -0.25) is 14.3 Å². The van der Waals surface area contributed by atoms with Crippen molar-refractivity contribution in [2.24, 2.45) is 0 Å². The quantitative estimate of drug-likeness (QED) is 0.647. The first-order valence-electron chi connectivity index (χ1n) is 9.83. The Hall–Kier alpha value is -3.07. The third-order valence-electron chi connectivity index (χ3n) is 4.07. The summed E-state index contributed by atoms with van der Waals surface area (Å²) < 4.78 is 32.9. The van der Waals surface area contributed by atoms with Crippen molar-refractivity contribution < 1.29 is 22.7 Å². The molecule has 0 atom stereocenters. The zero-order valence-corrected chi connectivity index (χ0v) is 19.2. The molecule has 0 aliphatic rings. The molecule has 9 heteroatoms. The Balaban J connectivity index is 2.03. The van der Waals surface area contributed by atoms with Gasteiger partial charge in [0, 0.05) is 23.8 Å². The van der Waals surface area contributed by atoms with Crippen molar-refractivity contribution in [2.45, 2.75) is 38.1 Å². The van der Waals surface area contributed by atoms with Gasteiger partial charge < -0.3 is 15.0 Å². The van der Waals surface area contributed by atoms with Crippen molar-refractivity contribution in [1.29, 1.82) is 0 Å². The molecule has 168 valence electrons. The summed E-state index contributed by atoms with van der Waals surface area (Å²) in [6.45, 7) is 7.84. The maximum atomic E-state index is 12.6. The number of benzene rings is 2. The number of anilines is 1. The first-order valence-corrected chi connectivity index (χ1v) is 11.3. The van der Waals surface area contributed by atoms with Gasteiger partial charge in [0.05, 0.1) is 18.0 Å². The molecule has 31 heavy (non-hydrogen) atoms. The third-order valence-corrected chi connectivity index (χ3v) is 5.47. The second-order valence-electron chi connectivity index (χ2n) is 8.05. The average molecular weight is 448 g/mol. The molecule has 2 aromatic carbocycles. The molecule has 0 fully saturated rings. The highest BCUT2D eigenvalue weighted by Crippen LogP contribution is 2.20. The van der Waals surface area contributed by atoms with Crippen molar-refractivity contribution in [3.63, 3.8) is 0 Å². The molecule has 0 aliphatic carbocycles. The van der Waals surface area contributed by atoms with Crippen molar-refractivity contribution in [3.05, 3.63) is 54.1 Å². The van der Waals surface area contributed by atoms with E-state index in [1.807, 2.05) is 27.7 Å². The van der Waals surface area contributed by atoms with E-state index in [1.165, 1.54) is 48.3 Å². The minimum Gasteiger partial charge on any atom is -0.494 e. The number of amides is 2. The van der Waals surface area contributed by atoms with Crippen LogP contribution in [0, 0.1) is 0 Å². The SMILES string of the molecule is CCOc1ccc(S(=O)(=O)Nc2ccc(C(=O)N(C)CC(=O)NC(C)(C)C)cc2)cc1. The van der Waals surface area contributed by atoms with Crippen LogP contribution in [0.5, 0.6) is 5.75 Å². The Morgan fingerprint density at radius 2 is 1.58 bits per heavy atom. The molecule has 2 aromatic rings. The number of hydrogen-bond donors (Lipinski definition) is 2. The fourth-order valence-electron chi connectivity index (χ4n) is 2.74. The molecule has 0 unspecified atom stereocenters. The van der Waals surface area contributed by atoms with Gasteiger partial charge in [-0.05, 0) is 76.2 Å². The van der Waals surface area contributed by atoms with Crippen LogP contribution < -0.4 is 14.8 Å². The van der Waals surface area contributed by atoms with Gasteiger partial charge in [0.25, 0.3) is 15.9 Å². The lowest BCUT2D eigenvalue weighted by atomic mass is 10.1. The summed E-state index contributed by atoms with van der Waals surface area (Å²) in [6, 6.07) is 12.1. The molecule has 2 rings (SSSR count). The predicted molar refractivity (Wildman–Crippen MR) is 120 cm³/mol. The van der Waals surface area contributed by atoms with Gasteiger partial charge in [-0.25, -0.2) is 8.42 Å². The summed E-state index contributed by atoms with van der Waals surface area (Å²) in [4.78, 5) is 26.0. The van der Waals surface area contributed by atoms with Gasteiger partial charge in [-0.1, -0.05) is 0 Å². The van der Waals surface area contributed by atoms with E-state index >= 15 is 0 Å². The van der Waals surface area contributed by atoms with E-state index in [1.54, 1.807) is 12.1 Å². The van der Waals surface area contributed by atoms with Crippen LogP contribution in [0.25, 0.3) is 0 Å². The highest BCUT2D eigenvalue weighted by Gasteiger charge is 2.19. The van der Waals surface area contributed by atoms with E-state index in [4.69, 9.17) is 4.74 Å². The normalized spacial score (nSPS) is 11.5. The summed E-state index contributed by atoms with van der Waals surface area (Å²) in [7, 11) is -2.25. The first-order chi connectivity index (χ1) is 14.4. The van der Waals surface area contributed by atoms with E-state index in [-0.39, 0.29) is 28.8 Å². The van der Waals surface area contributed by atoms with Crippen molar-refractivity contribution in [2.75, 3.05) is 24.9 Å². The van der Waals surface area contributed by atoms with E-state index in [2.05, 4.69) is 10.0 Å². The maximum Gasteiger partial charge on any atom is 0.261 e. The van der Waals surface area contributed by atoms with Crippen LogP contribution in [-0.2, 0) is 14.8 Å². The van der Waals surface area contributed by atoms with Gasteiger partial charge in [0.15, 0.2) is 0 Å². The lowest BCUT2D eigenvalue weighted by Gasteiger charge is -2.23. The van der Waals surface area contributed by atoms with Gasteiger partial charge in [0.1, 0.15) is 5.75 Å². The Labute approximate surface area is 183 Å². The fourth-order valence-corrected chi connectivity index (χ4v) is 3.80. The lowest BCUT2D eigenvalue weighted by Crippen LogP contribution is -2.46. The predicted octanol–water partition coefficient (Wildman–Crippen LogP) is 2.87. The minimum absolute atomic E-state index is 0.0811. The van der Waals surface area contributed by atoms with E-state index < -0.39 is 10.0 Å². The van der Waals surface area contributed by atoms with Crippen LogP contribution in [0.2, 0.25) is 0 Å². The molecule has 2 N–H and O–H groups in total. The van der Waals surface area contributed by atoms with Crippen molar-refractivity contribution in [1.82, 2.24) is 10.2 Å². The number of sulfonamides is 1. The molecule has 0 radical (unpaired) electrons. The van der Waals surface area contributed by atoms with Crippen LogP contribution >= 0.6 is 0 Å². The monoisotopic (exact) mass is 447 g/mol. The van der Waals surface area contributed by atoms with Crippen molar-refractivity contribution in [3.8, 4) is 5.75 Å². The highest BCUT2D eigenvalue weighted by molar-refractivity contribution is 7.92. The van der Waals surface area contributed by atoms with Crippen molar-refractivity contribution >= 4 is 27.5 Å². The number of rotatable bonds is 8. The topological polar surface area (TPSA) is 105 Å². The number of nitrogens with one attached hydrogen (secondary N) is 2. The van der Waals surface area contributed by atoms with Crippen LogP contribution in [0.15, 0.2) is 53.4 Å². The molecular weight excluding hydrogens is 418 g/mol. The number of nitrogens with zero attached hydrogens (tertiary/aromatic N) is 1. The molecule has 0 bridgehead atoms. The molecule has 0 aliphatic heterocycles. The average Bonchev–Trinajstić information content (AvgIpc) is 2.67. The Morgan fingerprint density at radius 3 is 2.10 bits per heavy atom. The summed E-state index contributed by atoms with van der Waals surface area (Å²) in [6.07, 6.45) is 0. The molecule has 2 amide bonds. The number of carbonyl (C=O) groups excluding carboxylic acids is 2. The number of hydrogen-bond acceptors (Lipinski definition) is 5. The smallest absolute Gasteiger partial charge is 0.261 e. The summed E-state index contributed by atoms with van der Waals surface area (Å²) >= 11 is 0. The number of likely N-dealkylation sites (N-methyl/N-ethyl adjacent to an activating group) is 1. The minimum atomic E-state index is -3.78. The zero-order valence-electron chi connectivity index (χ0n) is 18.4. The Kier molecular flexibility index (Phi) is 7.67.